The quantitative estimate of drug-likeness (QED) is 0.731. The van der Waals surface area contributed by atoms with Crippen LogP contribution in [0.5, 0.6) is 0 Å². The van der Waals surface area contributed by atoms with Crippen LogP contribution in [0.4, 0.5) is 4.39 Å². The molecule has 0 saturated carbocycles. The molecule has 0 radical (unpaired) electrons. The SMILES string of the molecule is Cc1cc(C)cc(CCC(=O)c2ccc(Cl)c(F)c2)c1. The third kappa shape index (κ3) is 3.67. The van der Waals surface area contributed by atoms with Crippen LogP contribution in [0.2, 0.25) is 5.02 Å². The van der Waals surface area contributed by atoms with E-state index in [1.807, 2.05) is 13.8 Å². The minimum atomic E-state index is -0.552. The van der Waals surface area contributed by atoms with Crippen molar-refractivity contribution in [3.8, 4) is 0 Å². The highest BCUT2D eigenvalue weighted by molar-refractivity contribution is 6.30. The molecule has 0 amide bonds. The van der Waals surface area contributed by atoms with Gasteiger partial charge in [-0.15, -0.1) is 0 Å². The normalized spacial score (nSPS) is 10.6. The highest BCUT2D eigenvalue weighted by atomic mass is 35.5. The summed E-state index contributed by atoms with van der Waals surface area (Å²) in [7, 11) is 0. The molecule has 0 aromatic heterocycles. The van der Waals surface area contributed by atoms with Crippen molar-refractivity contribution in [2.24, 2.45) is 0 Å². The minimum Gasteiger partial charge on any atom is -0.294 e. The van der Waals surface area contributed by atoms with Crippen LogP contribution in [-0.4, -0.2) is 5.78 Å². The largest absolute Gasteiger partial charge is 0.294 e. The second-order valence-electron chi connectivity index (χ2n) is 5.05. The van der Waals surface area contributed by atoms with E-state index in [0.29, 0.717) is 18.4 Å². The zero-order valence-corrected chi connectivity index (χ0v) is 12.3. The lowest BCUT2D eigenvalue weighted by Crippen LogP contribution is -2.02. The van der Waals surface area contributed by atoms with Gasteiger partial charge in [0.2, 0.25) is 0 Å². The Labute approximate surface area is 123 Å². The Morgan fingerprint density at radius 3 is 2.35 bits per heavy atom. The first kappa shape index (κ1) is 14.7. The first-order chi connectivity index (χ1) is 9.45. The highest BCUT2D eigenvalue weighted by Crippen LogP contribution is 2.18. The number of ketones is 1. The third-order valence-corrected chi connectivity index (χ3v) is 3.47. The molecule has 2 aromatic carbocycles. The average molecular weight is 291 g/mol. The van der Waals surface area contributed by atoms with Gasteiger partial charge in [0.15, 0.2) is 5.78 Å². The smallest absolute Gasteiger partial charge is 0.163 e. The van der Waals surface area contributed by atoms with Crippen LogP contribution in [0.15, 0.2) is 36.4 Å². The Balaban J connectivity index is 2.06. The van der Waals surface area contributed by atoms with E-state index in [2.05, 4.69) is 18.2 Å². The molecule has 0 N–H and O–H groups in total. The lowest BCUT2D eigenvalue weighted by Gasteiger charge is -2.05. The first-order valence-electron chi connectivity index (χ1n) is 6.51. The topological polar surface area (TPSA) is 17.1 Å². The summed E-state index contributed by atoms with van der Waals surface area (Å²) in [4.78, 5) is 12.0. The number of hydrogen-bond donors (Lipinski definition) is 0. The van der Waals surface area contributed by atoms with E-state index in [9.17, 15) is 9.18 Å². The molecule has 20 heavy (non-hydrogen) atoms. The second kappa shape index (κ2) is 6.19. The molecular formula is C17H16ClFO. The van der Waals surface area contributed by atoms with Gasteiger partial charge in [0.25, 0.3) is 0 Å². The Bertz CT molecular complexity index is 629. The molecule has 0 atom stereocenters. The monoisotopic (exact) mass is 290 g/mol. The van der Waals surface area contributed by atoms with Crippen molar-refractivity contribution < 1.29 is 9.18 Å². The fraction of sp³-hybridized carbons (Fsp3) is 0.235. The van der Waals surface area contributed by atoms with E-state index in [1.165, 1.54) is 23.3 Å². The van der Waals surface area contributed by atoms with Crippen LogP contribution >= 0.6 is 11.6 Å². The van der Waals surface area contributed by atoms with Gasteiger partial charge in [0.05, 0.1) is 5.02 Å². The van der Waals surface area contributed by atoms with Gasteiger partial charge in [0, 0.05) is 12.0 Å². The molecule has 2 rings (SSSR count). The summed E-state index contributed by atoms with van der Waals surface area (Å²) in [6, 6.07) is 10.4. The number of rotatable bonds is 4. The van der Waals surface area contributed by atoms with Gasteiger partial charge in [-0.1, -0.05) is 40.9 Å². The molecule has 0 saturated heterocycles. The van der Waals surface area contributed by atoms with Gasteiger partial charge < -0.3 is 0 Å². The molecule has 3 heteroatoms. The molecule has 0 aliphatic heterocycles. The van der Waals surface area contributed by atoms with Crippen LogP contribution in [0.1, 0.15) is 33.5 Å². The van der Waals surface area contributed by atoms with E-state index < -0.39 is 5.82 Å². The number of halogens is 2. The average Bonchev–Trinajstić information content (AvgIpc) is 2.38. The molecule has 0 heterocycles. The molecule has 2 aromatic rings. The van der Waals surface area contributed by atoms with Gasteiger partial charge in [-0.05, 0) is 44.0 Å². The summed E-state index contributed by atoms with van der Waals surface area (Å²) in [6.45, 7) is 4.07. The molecule has 0 fully saturated rings. The maximum absolute atomic E-state index is 13.3. The van der Waals surface area contributed by atoms with Crippen molar-refractivity contribution in [3.05, 3.63) is 69.5 Å². The van der Waals surface area contributed by atoms with Gasteiger partial charge >= 0.3 is 0 Å². The highest BCUT2D eigenvalue weighted by Gasteiger charge is 2.09. The Morgan fingerprint density at radius 1 is 1.10 bits per heavy atom. The zero-order valence-electron chi connectivity index (χ0n) is 11.5. The molecule has 0 bridgehead atoms. The van der Waals surface area contributed by atoms with Gasteiger partial charge in [-0.3, -0.25) is 4.79 Å². The molecule has 0 aliphatic carbocycles. The van der Waals surface area contributed by atoms with Crippen molar-refractivity contribution in [1.82, 2.24) is 0 Å². The van der Waals surface area contributed by atoms with E-state index >= 15 is 0 Å². The molecule has 104 valence electrons. The van der Waals surface area contributed by atoms with E-state index in [0.717, 1.165) is 5.56 Å². The van der Waals surface area contributed by atoms with Gasteiger partial charge in [-0.25, -0.2) is 4.39 Å². The van der Waals surface area contributed by atoms with Crippen LogP contribution < -0.4 is 0 Å². The molecular weight excluding hydrogens is 275 g/mol. The number of Topliss-reactive ketones (excluding diaryl/α,β-unsaturated/α-hetero) is 1. The third-order valence-electron chi connectivity index (χ3n) is 3.16. The van der Waals surface area contributed by atoms with Crippen LogP contribution in [0, 0.1) is 19.7 Å². The second-order valence-corrected chi connectivity index (χ2v) is 5.46. The molecule has 0 spiro atoms. The first-order valence-corrected chi connectivity index (χ1v) is 6.89. The number of aryl methyl sites for hydroxylation is 3. The summed E-state index contributed by atoms with van der Waals surface area (Å²) in [5, 5.41) is 0.0378. The molecule has 1 nitrogen and oxygen atoms in total. The predicted molar refractivity (Wildman–Crippen MR) is 80.0 cm³/mol. The number of carbonyl (C=O) groups excluding carboxylic acids is 1. The summed E-state index contributed by atoms with van der Waals surface area (Å²) in [5.41, 5.74) is 3.87. The van der Waals surface area contributed by atoms with E-state index in [-0.39, 0.29) is 10.8 Å². The predicted octanol–water partition coefficient (Wildman–Crippen LogP) is 4.91. The summed E-state index contributed by atoms with van der Waals surface area (Å²) in [5.74, 6) is -0.622. The van der Waals surface area contributed by atoms with Crippen molar-refractivity contribution in [2.75, 3.05) is 0 Å². The number of carbonyl (C=O) groups is 1. The van der Waals surface area contributed by atoms with E-state index in [1.54, 1.807) is 6.07 Å². The Hall–Kier alpha value is -1.67. The lowest BCUT2D eigenvalue weighted by molar-refractivity contribution is 0.0982. The van der Waals surface area contributed by atoms with Crippen molar-refractivity contribution in [1.29, 1.82) is 0 Å². The van der Waals surface area contributed by atoms with Gasteiger partial charge in [-0.2, -0.15) is 0 Å². The summed E-state index contributed by atoms with van der Waals surface area (Å²) < 4.78 is 13.3. The van der Waals surface area contributed by atoms with Crippen molar-refractivity contribution in [2.45, 2.75) is 26.7 Å². The van der Waals surface area contributed by atoms with Crippen molar-refractivity contribution in [3.63, 3.8) is 0 Å². The van der Waals surface area contributed by atoms with Crippen LogP contribution in [0.25, 0.3) is 0 Å². The van der Waals surface area contributed by atoms with Crippen molar-refractivity contribution >= 4 is 17.4 Å². The Kier molecular flexibility index (Phi) is 4.56. The van der Waals surface area contributed by atoms with E-state index in [4.69, 9.17) is 11.6 Å². The fourth-order valence-electron chi connectivity index (χ4n) is 2.29. The molecule has 0 unspecified atom stereocenters. The van der Waals surface area contributed by atoms with Gasteiger partial charge in [0.1, 0.15) is 5.82 Å². The maximum Gasteiger partial charge on any atom is 0.163 e. The van der Waals surface area contributed by atoms with Crippen LogP contribution in [0.3, 0.4) is 0 Å². The lowest BCUT2D eigenvalue weighted by atomic mass is 10.00. The fourth-order valence-corrected chi connectivity index (χ4v) is 2.40. The number of hydrogen-bond acceptors (Lipinski definition) is 1. The Morgan fingerprint density at radius 2 is 1.75 bits per heavy atom. The zero-order chi connectivity index (χ0) is 14.7. The summed E-state index contributed by atoms with van der Waals surface area (Å²) >= 11 is 5.61. The number of benzene rings is 2. The maximum atomic E-state index is 13.3. The molecule has 0 aliphatic rings. The standard InChI is InChI=1S/C17H16ClFO/c1-11-7-12(2)9-13(8-11)3-6-17(20)14-4-5-15(18)16(19)10-14/h4-5,7-10H,3,6H2,1-2H3. The summed E-state index contributed by atoms with van der Waals surface area (Å²) in [6.07, 6.45) is 1.02. The minimum absolute atomic E-state index is 0.0378. The van der Waals surface area contributed by atoms with Crippen LogP contribution in [-0.2, 0) is 6.42 Å².